The molecule has 1 unspecified atom stereocenters. The minimum absolute atomic E-state index is 0.146. The summed E-state index contributed by atoms with van der Waals surface area (Å²) in [5, 5.41) is 2.82. The summed E-state index contributed by atoms with van der Waals surface area (Å²) >= 11 is 1.52. The zero-order valence-electron chi connectivity index (χ0n) is 8.53. The molecule has 1 aromatic heterocycles. The summed E-state index contributed by atoms with van der Waals surface area (Å²) in [6.45, 7) is 3.68. The molecule has 0 fully saturated rings. The number of nitrogens with zero attached hydrogens (tertiary/aromatic N) is 1. The highest BCUT2D eigenvalue weighted by Gasteiger charge is 2.27. The lowest BCUT2D eigenvalue weighted by Crippen LogP contribution is -2.36. The van der Waals surface area contributed by atoms with E-state index >= 15 is 0 Å². The van der Waals surface area contributed by atoms with Crippen molar-refractivity contribution in [2.24, 2.45) is 5.73 Å². The van der Waals surface area contributed by atoms with Crippen LogP contribution in [0, 0.1) is 6.92 Å². The Labute approximate surface area is 87.1 Å². The second-order valence-electron chi connectivity index (χ2n) is 3.42. The third-order valence-electron chi connectivity index (χ3n) is 1.94. The predicted octanol–water partition coefficient (Wildman–Crippen LogP) is 1.19. The van der Waals surface area contributed by atoms with Gasteiger partial charge in [0.25, 0.3) is 0 Å². The highest BCUT2D eigenvalue weighted by atomic mass is 32.1. The molecule has 1 rings (SSSR count). The molecule has 78 valence electrons. The molecule has 0 radical (unpaired) electrons. The molecule has 0 bridgehead atoms. The Balaban J connectivity index is 2.79. The first kappa shape index (κ1) is 11.1. The molecule has 0 amide bonds. The molecule has 0 aliphatic rings. The van der Waals surface area contributed by atoms with Gasteiger partial charge in [0.1, 0.15) is 0 Å². The van der Waals surface area contributed by atoms with Crippen LogP contribution in [-0.4, -0.2) is 18.1 Å². The Bertz CT molecular complexity index is 333. The highest BCUT2D eigenvalue weighted by Crippen LogP contribution is 2.23. The molecule has 1 heterocycles. The second kappa shape index (κ2) is 4.06. The lowest BCUT2D eigenvalue weighted by atomic mass is 9.96. The minimum Gasteiger partial charge on any atom is -0.469 e. The number of methoxy groups -OCH3 is 1. The summed E-state index contributed by atoms with van der Waals surface area (Å²) in [7, 11) is 1.35. The molecule has 2 N–H and O–H groups in total. The van der Waals surface area contributed by atoms with Gasteiger partial charge < -0.3 is 10.5 Å². The van der Waals surface area contributed by atoms with E-state index in [0.717, 1.165) is 10.7 Å². The van der Waals surface area contributed by atoms with E-state index in [1.54, 1.807) is 6.92 Å². The number of carbonyl (C=O) groups excluding carboxylic acids is 1. The third kappa shape index (κ3) is 2.52. The van der Waals surface area contributed by atoms with Gasteiger partial charge >= 0.3 is 5.97 Å². The van der Waals surface area contributed by atoms with Crippen LogP contribution in [0.2, 0.25) is 0 Å². The molecule has 0 aliphatic carbocycles. The van der Waals surface area contributed by atoms with Crippen LogP contribution < -0.4 is 5.73 Å². The van der Waals surface area contributed by atoms with Crippen molar-refractivity contribution < 1.29 is 9.53 Å². The standard InChI is InChI=1S/C9H14N2O2S/c1-6-11-7(5-14-6)9(2,10)4-8(12)13-3/h5H,4,10H2,1-3H3. The molecule has 0 saturated heterocycles. The van der Waals surface area contributed by atoms with E-state index in [2.05, 4.69) is 9.72 Å². The Morgan fingerprint density at radius 2 is 2.43 bits per heavy atom. The number of aromatic nitrogens is 1. The number of ether oxygens (including phenoxy) is 1. The van der Waals surface area contributed by atoms with Crippen LogP contribution in [0.1, 0.15) is 24.0 Å². The molecule has 0 spiro atoms. The second-order valence-corrected chi connectivity index (χ2v) is 4.48. The van der Waals surface area contributed by atoms with Gasteiger partial charge in [0.05, 0.1) is 29.8 Å². The fourth-order valence-corrected chi connectivity index (χ4v) is 1.84. The summed E-state index contributed by atoms with van der Waals surface area (Å²) < 4.78 is 4.57. The van der Waals surface area contributed by atoms with E-state index in [1.165, 1.54) is 18.4 Å². The Morgan fingerprint density at radius 1 is 1.79 bits per heavy atom. The van der Waals surface area contributed by atoms with Crippen LogP contribution in [0.15, 0.2) is 5.38 Å². The molecule has 14 heavy (non-hydrogen) atoms. The first-order valence-corrected chi connectivity index (χ1v) is 5.12. The lowest BCUT2D eigenvalue weighted by molar-refractivity contribution is -0.142. The van der Waals surface area contributed by atoms with Crippen molar-refractivity contribution in [2.75, 3.05) is 7.11 Å². The topological polar surface area (TPSA) is 65.2 Å². The number of rotatable bonds is 3. The quantitative estimate of drug-likeness (QED) is 0.767. The molecule has 4 nitrogen and oxygen atoms in total. The number of esters is 1. The van der Waals surface area contributed by atoms with Gasteiger partial charge in [0, 0.05) is 5.38 Å². The Kier molecular flexibility index (Phi) is 3.23. The zero-order valence-corrected chi connectivity index (χ0v) is 9.35. The summed E-state index contributed by atoms with van der Waals surface area (Å²) in [5.41, 5.74) is 5.97. The van der Waals surface area contributed by atoms with E-state index in [9.17, 15) is 4.79 Å². The van der Waals surface area contributed by atoms with Crippen molar-refractivity contribution >= 4 is 17.3 Å². The normalized spacial score (nSPS) is 14.9. The average Bonchev–Trinajstić information content (AvgIpc) is 2.51. The van der Waals surface area contributed by atoms with Gasteiger partial charge in [-0.3, -0.25) is 4.79 Å². The molecule has 0 saturated carbocycles. The van der Waals surface area contributed by atoms with Crippen molar-refractivity contribution in [3.05, 3.63) is 16.1 Å². The Morgan fingerprint density at radius 3 is 2.86 bits per heavy atom. The summed E-state index contributed by atoms with van der Waals surface area (Å²) in [5.74, 6) is -0.319. The lowest BCUT2D eigenvalue weighted by Gasteiger charge is -2.20. The van der Waals surface area contributed by atoms with Gasteiger partial charge in [-0.05, 0) is 13.8 Å². The van der Waals surface area contributed by atoms with Crippen molar-refractivity contribution in [1.29, 1.82) is 0 Å². The molecule has 0 aliphatic heterocycles. The van der Waals surface area contributed by atoms with Crippen LogP contribution in [0.25, 0.3) is 0 Å². The first-order valence-electron chi connectivity index (χ1n) is 4.24. The van der Waals surface area contributed by atoms with Gasteiger partial charge in [-0.2, -0.15) is 0 Å². The third-order valence-corrected chi connectivity index (χ3v) is 2.72. The van der Waals surface area contributed by atoms with E-state index in [1.807, 2.05) is 12.3 Å². The van der Waals surface area contributed by atoms with Crippen molar-refractivity contribution in [3.8, 4) is 0 Å². The average molecular weight is 214 g/mol. The zero-order chi connectivity index (χ0) is 10.8. The van der Waals surface area contributed by atoms with Crippen LogP contribution in [0.4, 0.5) is 0 Å². The van der Waals surface area contributed by atoms with Crippen LogP contribution >= 0.6 is 11.3 Å². The summed E-state index contributed by atoms with van der Waals surface area (Å²) in [6, 6.07) is 0. The maximum Gasteiger partial charge on any atom is 0.307 e. The number of hydrogen-bond donors (Lipinski definition) is 1. The van der Waals surface area contributed by atoms with Gasteiger partial charge in [-0.1, -0.05) is 0 Å². The van der Waals surface area contributed by atoms with Crippen molar-refractivity contribution in [3.63, 3.8) is 0 Å². The van der Waals surface area contributed by atoms with Crippen LogP contribution in [0.5, 0.6) is 0 Å². The molecular weight excluding hydrogens is 200 g/mol. The van der Waals surface area contributed by atoms with Gasteiger partial charge in [-0.25, -0.2) is 4.98 Å². The monoisotopic (exact) mass is 214 g/mol. The number of nitrogens with two attached hydrogens (primary N) is 1. The summed E-state index contributed by atoms with van der Waals surface area (Å²) in [6.07, 6.45) is 0.146. The van der Waals surface area contributed by atoms with E-state index in [4.69, 9.17) is 5.73 Å². The van der Waals surface area contributed by atoms with Crippen LogP contribution in [0.3, 0.4) is 0 Å². The maximum absolute atomic E-state index is 11.1. The molecular formula is C9H14N2O2S. The SMILES string of the molecule is COC(=O)CC(C)(N)c1csc(C)n1. The number of aryl methyl sites for hydroxylation is 1. The number of carbonyl (C=O) groups is 1. The smallest absolute Gasteiger partial charge is 0.307 e. The van der Waals surface area contributed by atoms with Crippen molar-refractivity contribution in [1.82, 2.24) is 4.98 Å². The van der Waals surface area contributed by atoms with Crippen molar-refractivity contribution in [2.45, 2.75) is 25.8 Å². The largest absolute Gasteiger partial charge is 0.469 e. The maximum atomic E-state index is 11.1. The minimum atomic E-state index is -0.738. The van der Waals surface area contributed by atoms with Crippen LogP contribution in [-0.2, 0) is 15.1 Å². The highest BCUT2D eigenvalue weighted by molar-refractivity contribution is 7.09. The number of thiazole rings is 1. The molecule has 5 heteroatoms. The summed E-state index contributed by atoms with van der Waals surface area (Å²) in [4.78, 5) is 15.3. The van der Waals surface area contributed by atoms with Gasteiger partial charge in [-0.15, -0.1) is 11.3 Å². The van der Waals surface area contributed by atoms with Gasteiger partial charge in [0.2, 0.25) is 0 Å². The fourth-order valence-electron chi connectivity index (χ4n) is 1.09. The van der Waals surface area contributed by atoms with Gasteiger partial charge in [0.15, 0.2) is 0 Å². The molecule has 0 aromatic carbocycles. The molecule has 1 atom stereocenters. The number of hydrogen-bond acceptors (Lipinski definition) is 5. The van der Waals surface area contributed by atoms with E-state index in [0.29, 0.717) is 0 Å². The van der Waals surface area contributed by atoms with E-state index < -0.39 is 5.54 Å². The first-order chi connectivity index (χ1) is 6.45. The fraction of sp³-hybridized carbons (Fsp3) is 0.556. The van der Waals surface area contributed by atoms with E-state index in [-0.39, 0.29) is 12.4 Å². The molecule has 1 aromatic rings. The predicted molar refractivity (Wildman–Crippen MR) is 55.0 cm³/mol. The Hall–Kier alpha value is -0.940.